The molecule has 29 heavy (non-hydrogen) atoms. The molecule has 1 aliphatic heterocycles. The second kappa shape index (κ2) is 8.97. The Labute approximate surface area is 171 Å². The largest absolute Gasteiger partial charge is 0.497 e. The first-order valence-electron chi connectivity index (χ1n) is 10.1. The number of nitrogens with zero attached hydrogens (tertiary/aromatic N) is 2. The molecule has 0 unspecified atom stereocenters. The van der Waals surface area contributed by atoms with E-state index in [1.165, 1.54) is 18.4 Å². The number of methoxy groups -OCH3 is 1. The van der Waals surface area contributed by atoms with Gasteiger partial charge in [0.25, 0.3) is 5.91 Å². The predicted octanol–water partition coefficient (Wildman–Crippen LogP) is 4.05. The molecule has 1 fully saturated rings. The summed E-state index contributed by atoms with van der Waals surface area (Å²) in [4.78, 5) is 15.3. The Bertz CT molecular complexity index is 929. The molecule has 1 aliphatic rings. The molecule has 150 valence electrons. The summed E-state index contributed by atoms with van der Waals surface area (Å²) in [5.74, 6) is 0.802. The van der Waals surface area contributed by atoms with Crippen LogP contribution in [0.5, 0.6) is 5.75 Å². The van der Waals surface area contributed by atoms with Gasteiger partial charge in [0.05, 0.1) is 13.2 Å². The minimum atomic E-state index is -0.0447. The van der Waals surface area contributed by atoms with E-state index >= 15 is 0 Å². The minimum Gasteiger partial charge on any atom is -0.497 e. The third-order valence-electron chi connectivity index (χ3n) is 5.55. The van der Waals surface area contributed by atoms with E-state index in [1.54, 1.807) is 7.11 Å². The fourth-order valence-corrected chi connectivity index (χ4v) is 3.94. The van der Waals surface area contributed by atoms with Crippen LogP contribution < -0.4 is 10.1 Å². The number of hydrogen-bond acceptors (Lipinski definition) is 3. The molecular formula is C24H27N3O2. The van der Waals surface area contributed by atoms with E-state index in [2.05, 4.69) is 22.3 Å². The van der Waals surface area contributed by atoms with Gasteiger partial charge in [0.2, 0.25) is 0 Å². The zero-order chi connectivity index (χ0) is 20.1. The molecule has 5 nitrogen and oxygen atoms in total. The van der Waals surface area contributed by atoms with Crippen molar-refractivity contribution in [3.63, 3.8) is 0 Å². The molecule has 4 rings (SSSR count). The summed E-state index contributed by atoms with van der Waals surface area (Å²) in [6, 6.07) is 20.0. The molecule has 5 heteroatoms. The lowest BCUT2D eigenvalue weighted by Crippen LogP contribution is -2.36. The Hall–Kier alpha value is -3.05. The SMILES string of the molecule is COc1ccc([C@@H](CNC(=O)c2cccc(-n3cccc3)c2)N2CCCC2)cc1. The van der Waals surface area contributed by atoms with Crippen molar-refractivity contribution in [1.82, 2.24) is 14.8 Å². The van der Waals surface area contributed by atoms with Gasteiger partial charge in [-0.25, -0.2) is 0 Å². The zero-order valence-electron chi connectivity index (χ0n) is 16.8. The van der Waals surface area contributed by atoms with Crippen molar-refractivity contribution in [3.05, 3.63) is 84.2 Å². The highest BCUT2D eigenvalue weighted by molar-refractivity contribution is 5.94. The van der Waals surface area contributed by atoms with E-state index in [0.717, 1.165) is 24.5 Å². The molecule has 0 saturated carbocycles. The second-order valence-electron chi connectivity index (χ2n) is 7.38. The van der Waals surface area contributed by atoms with Crippen molar-refractivity contribution in [2.24, 2.45) is 0 Å². The molecule has 1 aromatic heterocycles. The number of likely N-dealkylation sites (tertiary alicyclic amines) is 1. The Morgan fingerprint density at radius 1 is 1.03 bits per heavy atom. The Balaban J connectivity index is 1.48. The Morgan fingerprint density at radius 2 is 1.76 bits per heavy atom. The maximum atomic E-state index is 12.9. The smallest absolute Gasteiger partial charge is 0.251 e. The average Bonchev–Trinajstić information content (AvgIpc) is 3.49. The number of benzene rings is 2. The van der Waals surface area contributed by atoms with Crippen LogP contribution in [-0.4, -0.2) is 42.1 Å². The maximum Gasteiger partial charge on any atom is 0.251 e. The van der Waals surface area contributed by atoms with Gasteiger partial charge in [0.15, 0.2) is 0 Å². The highest BCUT2D eigenvalue weighted by Gasteiger charge is 2.24. The van der Waals surface area contributed by atoms with Crippen LogP contribution in [0.15, 0.2) is 73.1 Å². The second-order valence-corrected chi connectivity index (χ2v) is 7.38. The minimum absolute atomic E-state index is 0.0447. The van der Waals surface area contributed by atoms with E-state index in [1.807, 2.05) is 65.5 Å². The van der Waals surface area contributed by atoms with Gasteiger partial charge in [0.1, 0.15) is 5.75 Å². The molecule has 0 bridgehead atoms. The number of aromatic nitrogens is 1. The molecule has 2 aromatic carbocycles. The lowest BCUT2D eigenvalue weighted by atomic mass is 10.0. The number of hydrogen-bond donors (Lipinski definition) is 1. The van der Waals surface area contributed by atoms with Gasteiger partial charge in [0, 0.05) is 30.2 Å². The third kappa shape index (κ3) is 4.51. The van der Waals surface area contributed by atoms with Crippen molar-refractivity contribution >= 4 is 5.91 Å². The van der Waals surface area contributed by atoms with Crippen LogP contribution in [0, 0.1) is 0 Å². The molecule has 0 aliphatic carbocycles. The Kier molecular flexibility index (Phi) is 5.96. The predicted molar refractivity (Wildman–Crippen MR) is 115 cm³/mol. The van der Waals surface area contributed by atoms with Crippen LogP contribution >= 0.6 is 0 Å². The zero-order valence-corrected chi connectivity index (χ0v) is 16.8. The van der Waals surface area contributed by atoms with Gasteiger partial charge in [-0.1, -0.05) is 18.2 Å². The third-order valence-corrected chi connectivity index (χ3v) is 5.55. The monoisotopic (exact) mass is 389 g/mol. The van der Waals surface area contributed by atoms with E-state index in [0.29, 0.717) is 12.1 Å². The summed E-state index contributed by atoms with van der Waals surface area (Å²) < 4.78 is 7.29. The first-order chi connectivity index (χ1) is 14.2. The molecule has 1 N–H and O–H groups in total. The molecule has 1 saturated heterocycles. The van der Waals surface area contributed by atoms with Crippen LogP contribution in [0.4, 0.5) is 0 Å². The molecule has 1 atom stereocenters. The first-order valence-corrected chi connectivity index (χ1v) is 10.1. The van der Waals surface area contributed by atoms with Crippen molar-refractivity contribution in [1.29, 1.82) is 0 Å². The van der Waals surface area contributed by atoms with Crippen LogP contribution in [0.3, 0.4) is 0 Å². The fraction of sp³-hybridized carbons (Fsp3) is 0.292. The lowest BCUT2D eigenvalue weighted by Gasteiger charge is -2.28. The number of amides is 1. The van der Waals surface area contributed by atoms with E-state index in [9.17, 15) is 4.79 Å². The summed E-state index contributed by atoms with van der Waals surface area (Å²) in [5.41, 5.74) is 2.86. The maximum absolute atomic E-state index is 12.9. The topological polar surface area (TPSA) is 46.5 Å². The number of rotatable bonds is 7. The van der Waals surface area contributed by atoms with Crippen LogP contribution in [0.25, 0.3) is 5.69 Å². The van der Waals surface area contributed by atoms with Crippen molar-refractivity contribution in [3.8, 4) is 11.4 Å². The number of carbonyl (C=O) groups is 1. The number of ether oxygens (including phenoxy) is 1. The highest BCUT2D eigenvalue weighted by atomic mass is 16.5. The quantitative estimate of drug-likeness (QED) is 0.663. The van der Waals surface area contributed by atoms with Crippen molar-refractivity contribution < 1.29 is 9.53 Å². The van der Waals surface area contributed by atoms with Gasteiger partial charge < -0.3 is 14.6 Å². The van der Waals surface area contributed by atoms with Gasteiger partial charge in [-0.05, 0) is 74.0 Å². The molecule has 0 radical (unpaired) electrons. The van der Waals surface area contributed by atoms with Crippen molar-refractivity contribution in [2.45, 2.75) is 18.9 Å². The van der Waals surface area contributed by atoms with Crippen molar-refractivity contribution in [2.75, 3.05) is 26.7 Å². The molecular weight excluding hydrogens is 362 g/mol. The highest BCUT2D eigenvalue weighted by Crippen LogP contribution is 2.26. The van der Waals surface area contributed by atoms with Gasteiger partial charge >= 0.3 is 0 Å². The lowest BCUT2D eigenvalue weighted by molar-refractivity contribution is 0.0938. The normalized spacial score (nSPS) is 15.2. The molecule has 3 aromatic rings. The number of nitrogens with one attached hydrogen (secondary N) is 1. The standard InChI is InChI=1S/C24H27N3O2/c1-29-22-11-9-19(10-12-22)23(27-15-4-5-16-27)18-25-24(28)20-7-6-8-21(17-20)26-13-2-3-14-26/h2-3,6-14,17,23H,4-5,15-16,18H2,1H3,(H,25,28)/t23-/m1/s1. The van der Waals surface area contributed by atoms with E-state index < -0.39 is 0 Å². The molecule has 1 amide bonds. The summed E-state index contributed by atoms with van der Waals surface area (Å²) in [6.45, 7) is 2.71. The van der Waals surface area contributed by atoms with Gasteiger partial charge in [-0.3, -0.25) is 9.69 Å². The van der Waals surface area contributed by atoms with Crippen LogP contribution in [-0.2, 0) is 0 Å². The van der Waals surface area contributed by atoms with E-state index in [-0.39, 0.29) is 11.9 Å². The van der Waals surface area contributed by atoms with Gasteiger partial charge in [-0.2, -0.15) is 0 Å². The summed E-state index contributed by atoms with van der Waals surface area (Å²) >= 11 is 0. The first kappa shape index (κ1) is 19.3. The number of carbonyl (C=O) groups excluding carboxylic acids is 1. The molecule has 2 heterocycles. The summed E-state index contributed by atoms with van der Waals surface area (Å²) in [6.07, 6.45) is 6.37. The van der Waals surface area contributed by atoms with Gasteiger partial charge in [-0.15, -0.1) is 0 Å². The Morgan fingerprint density at radius 3 is 2.45 bits per heavy atom. The average molecular weight is 389 g/mol. The fourth-order valence-electron chi connectivity index (χ4n) is 3.94. The summed E-state index contributed by atoms with van der Waals surface area (Å²) in [5, 5.41) is 3.15. The summed E-state index contributed by atoms with van der Waals surface area (Å²) in [7, 11) is 1.68. The van der Waals surface area contributed by atoms with E-state index in [4.69, 9.17) is 4.74 Å². The van der Waals surface area contributed by atoms with Crippen LogP contribution in [0.2, 0.25) is 0 Å². The van der Waals surface area contributed by atoms with Crippen LogP contribution in [0.1, 0.15) is 34.8 Å². The molecule has 0 spiro atoms.